The van der Waals surface area contributed by atoms with Gasteiger partial charge in [-0.3, -0.25) is 14.9 Å². The Morgan fingerprint density at radius 2 is 1.83 bits per heavy atom. The summed E-state index contributed by atoms with van der Waals surface area (Å²) >= 11 is 0. The van der Waals surface area contributed by atoms with Crippen molar-refractivity contribution in [3.63, 3.8) is 0 Å². The molecule has 3 aromatic rings. The number of amides is 4. The highest BCUT2D eigenvalue weighted by Gasteiger charge is 2.50. The van der Waals surface area contributed by atoms with Crippen molar-refractivity contribution in [3.8, 4) is 11.4 Å². The standard InChI is InChI=1S/C23H18F3N5O4/c1-35-16-7-2-13-11-30(19(32)17(13)10-16)12-22(20(33)27-21(34)28-22)14-3-5-15(6-4-14)31-9-8-18(29-31)23(24,25)26/h2-10H,11-12H2,1H3,(H2,27,28,33,34)/t22-/m0/s1. The van der Waals surface area contributed by atoms with Crippen LogP contribution in [0, 0.1) is 0 Å². The Morgan fingerprint density at radius 3 is 2.43 bits per heavy atom. The van der Waals surface area contributed by atoms with Crippen molar-refractivity contribution >= 4 is 17.8 Å². The van der Waals surface area contributed by atoms with Crippen molar-refractivity contribution in [1.82, 2.24) is 25.3 Å². The van der Waals surface area contributed by atoms with Crippen LogP contribution in [0.2, 0.25) is 0 Å². The molecule has 4 amide bonds. The van der Waals surface area contributed by atoms with Crippen LogP contribution in [0.25, 0.3) is 5.69 Å². The average molecular weight is 485 g/mol. The number of hydrogen-bond acceptors (Lipinski definition) is 5. The first-order valence-corrected chi connectivity index (χ1v) is 10.4. The SMILES string of the molecule is COc1ccc2c(c1)C(=O)N(C[C@@]1(c3ccc(-n4ccc(C(F)(F)F)n4)cc3)NC(=O)NC1=O)C2. The zero-order valence-corrected chi connectivity index (χ0v) is 18.2. The first kappa shape index (κ1) is 22.4. The number of fused-ring (bicyclic) bond motifs is 1. The number of carbonyl (C=O) groups is 3. The Bertz CT molecular complexity index is 1350. The van der Waals surface area contributed by atoms with Crippen molar-refractivity contribution < 1.29 is 32.3 Å². The molecule has 0 unspecified atom stereocenters. The van der Waals surface area contributed by atoms with E-state index >= 15 is 0 Å². The summed E-state index contributed by atoms with van der Waals surface area (Å²) in [7, 11) is 1.49. The first-order chi connectivity index (χ1) is 16.6. The number of alkyl halides is 3. The maximum Gasteiger partial charge on any atom is 0.435 e. The Morgan fingerprint density at radius 1 is 1.09 bits per heavy atom. The minimum atomic E-state index is -4.58. The van der Waals surface area contributed by atoms with Crippen LogP contribution in [0.15, 0.2) is 54.7 Å². The van der Waals surface area contributed by atoms with Crippen LogP contribution >= 0.6 is 0 Å². The third-order valence-corrected chi connectivity index (χ3v) is 6.07. The van der Waals surface area contributed by atoms with Crippen molar-refractivity contribution in [2.24, 2.45) is 0 Å². The monoisotopic (exact) mass is 485 g/mol. The number of aromatic nitrogens is 2. The number of rotatable bonds is 5. The number of nitrogens with one attached hydrogen (secondary N) is 2. The highest BCUT2D eigenvalue weighted by atomic mass is 19.4. The number of halogens is 3. The highest BCUT2D eigenvalue weighted by molar-refractivity contribution is 6.08. The first-order valence-electron chi connectivity index (χ1n) is 10.4. The summed E-state index contributed by atoms with van der Waals surface area (Å²) in [5.74, 6) is -0.446. The van der Waals surface area contributed by atoms with Gasteiger partial charge in [-0.05, 0) is 41.5 Å². The largest absolute Gasteiger partial charge is 0.497 e. The van der Waals surface area contributed by atoms with Gasteiger partial charge in [0, 0.05) is 18.3 Å². The number of benzene rings is 2. The molecule has 12 heteroatoms. The summed E-state index contributed by atoms with van der Waals surface area (Å²) in [5.41, 5.74) is -0.748. The van der Waals surface area contributed by atoms with Gasteiger partial charge in [0.25, 0.3) is 11.8 Å². The third kappa shape index (κ3) is 3.76. The van der Waals surface area contributed by atoms with Gasteiger partial charge in [-0.15, -0.1) is 0 Å². The average Bonchev–Trinajstić information content (AvgIpc) is 3.51. The number of imide groups is 1. The van der Waals surface area contributed by atoms with Crippen LogP contribution in [0.4, 0.5) is 18.0 Å². The molecule has 35 heavy (non-hydrogen) atoms. The van der Waals surface area contributed by atoms with Gasteiger partial charge in [0.1, 0.15) is 5.75 Å². The lowest BCUT2D eigenvalue weighted by Gasteiger charge is -2.31. The molecule has 2 aliphatic rings. The second-order valence-electron chi connectivity index (χ2n) is 8.19. The summed E-state index contributed by atoms with van der Waals surface area (Å²) in [6, 6.07) is 11.2. The second kappa shape index (κ2) is 7.86. The van der Waals surface area contributed by atoms with E-state index in [2.05, 4.69) is 15.7 Å². The van der Waals surface area contributed by atoms with Crippen molar-refractivity contribution in [1.29, 1.82) is 0 Å². The summed E-state index contributed by atoms with van der Waals surface area (Å²) < 4.78 is 44.9. The Balaban J connectivity index is 1.45. The summed E-state index contributed by atoms with van der Waals surface area (Å²) in [5, 5.41) is 8.37. The van der Waals surface area contributed by atoms with Crippen LogP contribution in [0.3, 0.4) is 0 Å². The number of methoxy groups -OCH3 is 1. The molecule has 0 bridgehead atoms. The van der Waals surface area contributed by atoms with Gasteiger partial charge in [-0.2, -0.15) is 18.3 Å². The number of urea groups is 1. The fourth-order valence-corrected chi connectivity index (χ4v) is 4.30. The second-order valence-corrected chi connectivity index (χ2v) is 8.19. The van der Waals surface area contributed by atoms with Crippen LogP contribution in [-0.4, -0.2) is 46.2 Å². The van der Waals surface area contributed by atoms with E-state index in [0.717, 1.165) is 16.3 Å². The molecule has 9 nitrogen and oxygen atoms in total. The molecule has 1 saturated heterocycles. The van der Waals surface area contributed by atoms with Crippen LogP contribution in [0.1, 0.15) is 27.2 Å². The third-order valence-electron chi connectivity index (χ3n) is 6.07. The number of ether oxygens (including phenoxy) is 1. The summed E-state index contributed by atoms with van der Waals surface area (Å²) in [4.78, 5) is 39.6. The normalized spacial score (nSPS) is 19.5. The van der Waals surface area contributed by atoms with Crippen LogP contribution in [-0.2, 0) is 23.1 Å². The predicted molar refractivity (Wildman–Crippen MR) is 115 cm³/mol. The molecule has 2 aromatic carbocycles. The molecule has 5 rings (SSSR count). The quantitative estimate of drug-likeness (QED) is 0.541. The smallest absolute Gasteiger partial charge is 0.435 e. The molecule has 0 spiro atoms. The molecule has 3 heterocycles. The van der Waals surface area contributed by atoms with E-state index in [-0.39, 0.29) is 19.0 Å². The fourth-order valence-electron chi connectivity index (χ4n) is 4.30. The number of carbonyl (C=O) groups excluding carboxylic acids is 3. The zero-order valence-electron chi connectivity index (χ0n) is 18.2. The Kier molecular flexibility index (Phi) is 5.04. The predicted octanol–water partition coefficient (Wildman–Crippen LogP) is 2.59. The minimum absolute atomic E-state index is 0.153. The number of hydrogen-bond donors (Lipinski definition) is 2. The highest BCUT2D eigenvalue weighted by Crippen LogP contribution is 2.33. The molecular weight excluding hydrogens is 467 g/mol. The molecule has 1 aromatic heterocycles. The van der Waals surface area contributed by atoms with E-state index in [9.17, 15) is 27.6 Å². The molecule has 0 saturated carbocycles. The molecule has 180 valence electrons. The molecular formula is C23H18F3N5O4. The topological polar surface area (TPSA) is 106 Å². The van der Waals surface area contributed by atoms with E-state index < -0.39 is 29.3 Å². The van der Waals surface area contributed by atoms with Crippen molar-refractivity contribution in [2.75, 3.05) is 13.7 Å². The molecule has 2 aliphatic heterocycles. The Hall–Kier alpha value is -4.35. The number of nitrogens with zero attached hydrogens (tertiary/aromatic N) is 3. The minimum Gasteiger partial charge on any atom is -0.497 e. The molecule has 1 fully saturated rings. The van der Waals surface area contributed by atoms with E-state index in [0.29, 0.717) is 22.6 Å². The summed E-state index contributed by atoms with van der Waals surface area (Å²) in [6.07, 6.45) is -3.41. The van der Waals surface area contributed by atoms with Gasteiger partial charge in [0.05, 0.1) is 19.3 Å². The molecule has 2 N–H and O–H groups in total. The zero-order chi connectivity index (χ0) is 25.0. The van der Waals surface area contributed by atoms with E-state index in [1.807, 2.05) is 0 Å². The lowest BCUT2D eigenvalue weighted by atomic mass is 9.89. The van der Waals surface area contributed by atoms with Crippen LogP contribution < -0.4 is 15.4 Å². The fraction of sp³-hybridized carbons (Fsp3) is 0.217. The van der Waals surface area contributed by atoms with E-state index in [1.54, 1.807) is 18.2 Å². The lowest BCUT2D eigenvalue weighted by Crippen LogP contribution is -2.52. The van der Waals surface area contributed by atoms with Gasteiger partial charge in [0.2, 0.25) is 0 Å². The van der Waals surface area contributed by atoms with Crippen molar-refractivity contribution in [3.05, 3.63) is 77.1 Å². The Labute approximate surface area is 196 Å². The van der Waals surface area contributed by atoms with E-state index in [1.165, 1.54) is 42.5 Å². The van der Waals surface area contributed by atoms with Gasteiger partial charge < -0.3 is 15.0 Å². The van der Waals surface area contributed by atoms with Gasteiger partial charge in [0.15, 0.2) is 11.2 Å². The molecule has 0 aliphatic carbocycles. The maximum atomic E-state index is 13.1. The molecule has 1 atom stereocenters. The molecule has 0 radical (unpaired) electrons. The van der Waals surface area contributed by atoms with E-state index in [4.69, 9.17) is 4.74 Å². The van der Waals surface area contributed by atoms with Crippen LogP contribution in [0.5, 0.6) is 5.75 Å². The lowest BCUT2D eigenvalue weighted by molar-refractivity contribution is -0.141. The van der Waals surface area contributed by atoms with Gasteiger partial charge >= 0.3 is 12.2 Å². The van der Waals surface area contributed by atoms with Gasteiger partial charge in [-0.1, -0.05) is 18.2 Å². The van der Waals surface area contributed by atoms with Crippen molar-refractivity contribution in [2.45, 2.75) is 18.3 Å². The summed E-state index contributed by atoms with van der Waals surface area (Å²) in [6.45, 7) is 0.0778. The maximum absolute atomic E-state index is 13.1. The van der Waals surface area contributed by atoms with Gasteiger partial charge in [-0.25, -0.2) is 9.48 Å².